The minimum atomic E-state index is -0.151. The van der Waals surface area contributed by atoms with Crippen molar-refractivity contribution in [3.63, 3.8) is 0 Å². The smallest absolute Gasteiger partial charge is 0.223 e. The van der Waals surface area contributed by atoms with Gasteiger partial charge in [0.15, 0.2) is 0 Å². The Labute approximate surface area is 96.1 Å². The molecule has 0 aromatic carbocycles. The molecule has 1 aromatic rings. The molecule has 4 heteroatoms. The fraction of sp³-hybridized carbons (Fsp3) is 0.667. The maximum Gasteiger partial charge on any atom is 0.223 e. The molecule has 0 atom stereocenters. The molecular weight excluding hydrogens is 202 g/mol. The summed E-state index contributed by atoms with van der Waals surface area (Å²) in [6, 6.07) is 2.01. The van der Waals surface area contributed by atoms with E-state index in [2.05, 4.69) is 29.1 Å². The molecule has 1 heterocycles. The number of aryl methyl sites for hydroxylation is 1. The van der Waals surface area contributed by atoms with E-state index in [1.165, 1.54) is 0 Å². The van der Waals surface area contributed by atoms with Crippen LogP contribution in [0.25, 0.3) is 0 Å². The van der Waals surface area contributed by atoms with Gasteiger partial charge in [-0.05, 0) is 31.7 Å². The number of rotatable bonds is 4. The topological polar surface area (TPSA) is 58.0 Å². The Kier molecular flexibility index (Phi) is 2.84. The first-order chi connectivity index (χ1) is 7.54. The summed E-state index contributed by atoms with van der Waals surface area (Å²) in [6.45, 7) is 6.35. The molecule has 0 amide bonds. The summed E-state index contributed by atoms with van der Waals surface area (Å²) >= 11 is 0. The van der Waals surface area contributed by atoms with Crippen molar-refractivity contribution in [2.24, 2.45) is 0 Å². The van der Waals surface area contributed by atoms with E-state index in [4.69, 9.17) is 0 Å². The van der Waals surface area contributed by atoms with Crippen LogP contribution in [0, 0.1) is 6.92 Å². The highest BCUT2D eigenvalue weighted by molar-refractivity contribution is 5.36. The number of hydrogen-bond donors (Lipinski definition) is 2. The molecular formula is C12H19N3O. The van der Waals surface area contributed by atoms with Gasteiger partial charge in [-0.1, -0.05) is 13.8 Å². The lowest BCUT2D eigenvalue weighted by atomic mass is 10.1. The van der Waals surface area contributed by atoms with E-state index in [9.17, 15) is 5.11 Å². The van der Waals surface area contributed by atoms with Crippen LogP contribution in [0.3, 0.4) is 0 Å². The fourth-order valence-corrected chi connectivity index (χ4v) is 1.66. The fourth-order valence-electron chi connectivity index (χ4n) is 1.66. The van der Waals surface area contributed by atoms with Gasteiger partial charge in [0.1, 0.15) is 0 Å². The van der Waals surface area contributed by atoms with E-state index in [-0.39, 0.29) is 12.1 Å². The molecule has 4 nitrogen and oxygen atoms in total. The van der Waals surface area contributed by atoms with Crippen LogP contribution in [0.5, 0.6) is 0 Å². The van der Waals surface area contributed by atoms with Crippen LogP contribution in [0.15, 0.2) is 6.07 Å². The van der Waals surface area contributed by atoms with Gasteiger partial charge in [-0.15, -0.1) is 0 Å². The molecule has 2 rings (SSSR count). The maximum absolute atomic E-state index is 9.25. The van der Waals surface area contributed by atoms with E-state index < -0.39 is 0 Å². The van der Waals surface area contributed by atoms with E-state index in [0.717, 1.165) is 24.2 Å². The van der Waals surface area contributed by atoms with Crippen LogP contribution in [0.4, 0.5) is 5.95 Å². The summed E-state index contributed by atoms with van der Waals surface area (Å²) in [6.07, 6.45) is 2.00. The van der Waals surface area contributed by atoms with Crippen LogP contribution < -0.4 is 5.32 Å². The molecule has 88 valence electrons. The Balaban J connectivity index is 2.21. The van der Waals surface area contributed by atoms with Gasteiger partial charge in [-0.3, -0.25) is 0 Å². The zero-order valence-electron chi connectivity index (χ0n) is 10.1. The number of anilines is 1. The second kappa shape index (κ2) is 4.01. The predicted octanol–water partition coefficient (Wildman–Crippen LogP) is 1.85. The first-order valence-corrected chi connectivity index (χ1v) is 5.79. The van der Waals surface area contributed by atoms with Crippen molar-refractivity contribution in [3.8, 4) is 0 Å². The van der Waals surface area contributed by atoms with Gasteiger partial charge in [-0.2, -0.15) is 0 Å². The second-order valence-electron chi connectivity index (χ2n) is 4.98. The first-order valence-electron chi connectivity index (χ1n) is 5.79. The first kappa shape index (κ1) is 11.3. The molecule has 0 saturated heterocycles. The highest BCUT2D eigenvalue weighted by Crippen LogP contribution is 2.37. The van der Waals surface area contributed by atoms with E-state index in [1.807, 2.05) is 13.0 Å². The van der Waals surface area contributed by atoms with Gasteiger partial charge < -0.3 is 10.4 Å². The zero-order valence-corrected chi connectivity index (χ0v) is 10.1. The van der Waals surface area contributed by atoms with Crippen LogP contribution >= 0.6 is 0 Å². The van der Waals surface area contributed by atoms with E-state index >= 15 is 0 Å². The third-order valence-electron chi connectivity index (χ3n) is 3.00. The van der Waals surface area contributed by atoms with Gasteiger partial charge >= 0.3 is 0 Å². The average Bonchev–Trinajstić information content (AvgIpc) is 2.97. The van der Waals surface area contributed by atoms with Crippen molar-refractivity contribution in [2.75, 3.05) is 11.9 Å². The summed E-state index contributed by atoms with van der Waals surface area (Å²) in [5, 5.41) is 12.5. The predicted molar refractivity (Wildman–Crippen MR) is 63.5 cm³/mol. The standard InChI is InChI=1S/C12H19N3O/c1-8(2)10-6-9(3)13-11(14-10)15-12(7-16)4-5-12/h6,8,16H,4-5,7H2,1-3H3,(H,13,14,15). The Morgan fingerprint density at radius 3 is 2.62 bits per heavy atom. The summed E-state index contributed by atoms with van der Waals surface area (Å²) in [4.78, 5) is 8.83. The van der Waals surface area contributed by atoms with Crippen LogP contribution in [0.2, 0.25) is 0 Å². The Hall–Kier alpha value is -1.16. The van der Waals surface area contributed by atoms with Crippen molar-refractivity contribution >= 4 is 5.95 Å². The third-order valence-corrected chi connectivity index (χ3v) is 3.00. The van der Waals surface area contributed by atoms with Gasteiger partial charge in [0.05, 0.1) is 12.1 Å². The SMILES string of the molecule is Cc1cc(C(C)C)nc(NC2(CO)CC2)n1. The second-order valence-corrected chi connectivity index (χ2v) is 4.98. The van der Waals surface area contributed by atoms with E-state index in [1.54, 1.807) is 0 Å². The lowest BCUT2D eigenvalue weighted by Gasteiger charge is -2.16. The maximum atomic E-state index is 9.25. The normalized spacial score (nSPS) is 17.6. The summed E-state index contributed by atoms with van der Waals surface area (Å²) in [7, 11) is 0. The lowest BCUT2D eigenvalue weighted by molar-refractivity contribution is 0.265. The molecule has 0 aliphatic heterocycles. The average molecular weight is 221 g/mol. The molecule has 0 bridgehead atoms. The van der Waals surface area contributed by atoms with Crippen molar-refractivity contribution in [1.29, 1.82) is 0 Å². The monoisotopic (exact) mass is 221 g/mol. The molecule has 16 heavy (non-hydrogen) atoms. The molecule has 0 radical (unpaired) electrons. The molecule has 0 spiro atoms. The molecule has 1 aliphatic carbocycles. The minimum Gasteiger partial charge on any atom is -0.394 e. The Bertz CT molecular complexity index is 386. The van der Waals surface area contributed by atoms with Crippen LogP contribution in [-0.4, -0.2) is 27.2 Å². The lowest BCUT2D eigenvalue weighted by Crippen LogP contribution is -2.27. The largest absolute Gasteiger partial charge is 0.394 e. The molecule has 1 saturated carbocycles. The molecule has 1 fully saturated rings. The summed E-state index contributed by atoms with van der Waals surface area (Å²) < 4.78 is 0. The van der Waals surface area contributed by atoms with Crippen molar-refractivity contribution in [2.45, 2.75) is 45.1 Å². The van der Waals surface area contributed by atoms with Gasteiger partial charge in [0, 0.05) is 11.4 Å². The Morgan fingerprint density at radius 2 is 2.12 bits per heavy atom. The highest BCUT2D eigenvalue weighted by atomic mass is 16.3. The van der Waals surface area contributed by atoms with Crippen molar-refractivity contribution in [3.05, 3.63) is 17.5 Å². The number of aromatic nitrogens is 2. The van der Waals surface area contributed by atoms with Crippen molar-refractivity contribution in [1.82, 2.24) is 9.97 Å². The zero-order chi connectivity index (χ0) is 11.8. The number of aliphatic hydroxyl groups excluding tert-OH is 1. The summed E-state index contributed by atoms with van der Waals surface area (Å²) in [5.74, 6) is 1.04. The third kappa shape index (κ3) is 2.32. The molecule has 1 aliphatic rings. The van der Waals surface area contributed by atoms with E-state index in [0.29, 0.717) is 11.9 Å². The van der Waals surface area contributed by atoms with Crippen molar-refractivity contribution < 1.29 is 5.11 Å². The highest BCUT2D eigenvalue weighted by Gasteiger charge is 2.42. The van der Waals surface area contributed by atoms with Gasteiger partial charge in [0.2, 0.25) is 5.95 Å². The summed E-state index contributed by atoms with van der Waals surface area (Å²) in [5.41, 5.74) is 1.86. The quantitative estimate of drug-likeness (QED) is 0.814. The van der Waals surface area contributed by atoms with Crippen LogP contribution in [0.1, 0.15) is 44.0 Å². The van der Waals surface area contributed by atoms with Crippen LogP contribution in [-0.2, 0) is 0 Å². The Morgan fingerprint density at radius 1 is 1.44 bits per heavy atom. The number of nitrogens with zero attached hydrogens (tertiary/aromatic N) is 2. The number of aliphatic hydroxyl groups is 1. The number of hydrogen-bond acceptors (Lipinski definition) is 4. The minimum absolute atomic E-state index is 0.151. The molecule has 0 unspecified atom stereocenters. The molecule has 1 aromatic heterocycles. The van der Waals surface area contributed by atoms with Gasteiger partial charge in [-0.25, -0.2) is 9.97 Å². The number of nitrogens with one attached hydrogen (secondary N) is 1. The van der Waals surface area contributed by atoms with Gasteiger partial charge in [0.25, 0.3) is 0 Å². The molecule has 2 N–H and O–H groups in total.